The first-order valence-electron chi connectivity index (χ1n) is 6.71. The Morgan fingerprint density at radius 3 is 1.59 bits per heavy atom. The smallest absolute Gasteiger partial charge is 0.203 e. The number of hydrogen-bond acceptors (Lipinski definition) is 5. The molecule has 22 heavy (non-hydrogen) atoms. The molecule has 0 amide bonds. The third-order valence-electron chi connectivity index (χ3n) is 3.38. The zero-order valence-corrected chi connectivity index (χ0v) is 13.4. The normalized spacial score (nSPS) is 10.0. The van der Waals surface area contributed by atoms with Crippen molar-refractivity contribution in [1.82, 2.24) is 0 Å². The van der Waals surface area contributed by atoms with Crippen LogP contribution in [0.1, 0.15) is 0 Å². The van der Waals surface area contributed by atoms with Crippen LogP contribution in [0.3, 0.4) is 0 Å². The Balaban J connectivity index is 2.68. The molecule has 0 bridgehead atoms. The average Bonchev–Trinajstić information content (AvgIpc) is 2.59. The molecule has 0 aromatic heterocycles. The van der Waals surface area contributed by atoms with Crippen molar-refractivity contribution < 1.29 is 23.7 Å². The van der Waals surface area contributed by atoms with Gasteiger partial charge in [-0.15, -0.1) is 0 Å². The van der Waals surface area contributed by atoms with E-state index < -0.39 is 0 Å². The van der Waals surface area contributed by atoms with E-state index in [4.69, 9.17) is 23.7 Å². The molecule has 2 aromatic rings. The van der Waals surface area contributed by atoms with E-state index in [-0.39, 0.29) is 0 Å². The van der Waals surface area contributed by atoms with E-state index in [1.165, 1.54) is 0 Å². The minimum Gasteiger partial charge on any atom is -0.493 e. The van der Waals surface area contributed by atoms with Gasteiger partial charge < -0.3 is 23.7 Å². The van der Waals surface area contributed by atoms with Gasteiger partial charge in [0.2, 0.25) is 5.75 Å². The molecule has 0 aliphatic rings. The van der Waals surface area contributed by atoms with Gasteiger partial charge >= 0.3 is 0 Å². The van der Waals surface area contributed by atoms with Crippen molar-refractivity contribution in [2.24, 2.45) is 0 Å². The summed E-state index contributed by atoms with van der Waals surface area (Å²) in [5.74, 6) is 3.03. The molecule has 2 aromatic carbocycles. The highest BCUT2D eigenvalue weighted by atomic mass is 16.5. The molecule has 5 nitrogen and oxygen atoms in total. The highest BCUT2D eigenvalue weighted by molar-refractivity contribution is 5.77. The molecule has 0 heterocycles. The van der Waals surface area contributed by atoms with E-state index >= 15 is 0 Å². The third kappa shape index (κ3) is 2.74. The molecule has 0 radical (unpaired) electrons. The summed E-state index contributed by atoms with van der Waals surface area (Å²) in [6.45, 7) is 0. The summed E-state index contributed by atoms with van der Waals surface area (Å²) in [5.41, 5.74) is 1.76. The van der Waals surface area contributed by atoms with Crippen molar-refractivity contribution in [2.75, 3.05) is 35.5 Å². The van der Waals surface area contributed by atoms with Gasteiger partial charge in [0.15, 0.2) is 23.0 Å². The quantitative estimate of drug-likeness (QED) is 0.818. The van der Waals surface area contributed by atoms with Crippen molar-refractivity contribution in [1.29, 1.82) is 0 Å². The van der Waals surface area contributed by atoms with Crippen LogP contribution in [0.4, 0.5) is 0 Å². The maximum atomic E-state index is 5.49. The number of rotatable bonds is 6. The van der Waals surface area contributed by atoms with Gasteiger partial charge in [-0.2, -0.15) is 0 Å². The Morgan fingerprint density at radius 2 is 1.14 bits per heavy atom. The lowest BCUT2D eigenvalue weighted by atomic mass is 10.0. The van der Waals surface area contributed by atoms with Crippen LogP contribution in [0.2, 0.25) is 0 Å². The Kier molecular flexibility index (Phi) is 4.99. The van der Waals surface area contributed by atoms with E-state index in [9.17, 15) is 0 Å². The lowest BCUT2D eigenvalue weighted by molar-refractivity contribution is 0.324. The van der Waals surface area contributed by atoms with Gasteiger partial charge in [0.1, 0.15) is 0 Å². The van der Waals surface area contributed by atoms with Crippen molar-refractivity contribution in [3.63, 3.8) is 0 Å². The van der Waals surface area contributed by atoms with Crippen molar-refractivity contribution >= 4 is 0 Å². The summed E-state index contributed by atoms with van der Waals surface area (Å²) in [5, 5.41) is 0. The summed E-state index contributed by atoms with van der Waals surface area (Å²) in [6.07, 6.45) is 0. The largest absolute Gasteiger partial charge is 0.493 e. The monoisotopic (exact) mass is 304 g/mol. The Labute approximate surface area is 130 Å². The fraction of sp³-hybridized carbons (Fsp3) is 0.294. The standard InChI is InChI=1S/C17H20O5/c1-18-13-8-6-7-12(16(13)21-4)11-9-14(19-2)17(22-5)15(10-11)20-3/h6-10H,1-5H3. The summed E-state index contributed by atoms with van der Waals surface area (Å²) in [6, 6.07) is 9.44. The SMILES string of the molecule is COc1cc(-c2cccc(OC)c2OC)cc(OC)c1OC. The van der Waals surface area contributed by atoms with Crippen molar-refractivity contribution in [2.45, 2.75) is 0 Å². The number of methoxy groups -OCH3 is 5. The first-order chi connectivity index (χ1) is 10.7. The van der Waals surface area contributed by atoms with Crippen LogP contribution in [0.25, 0.3) is 11.1 Å². The molecule has 0 aliphatic heterocycles. The molecule has 0 atom stereocenters. The van der Waals surface area contributed by atoms with Crippen LogP contribution in [0, 0.1) is 0 Å². The number of hydrogen-bond donors (Lipinski definition) is 0. The highest BCUT2D eigenvalue weighted by Gasteiger charge is 2.17. The molecular weight excluding hydrogens is 284 g/mol. The number of benzene rings is 2. The second-order valence-corrected chi connectivity index (χ2v) is 4.46. The zero-order valence-electron chi connectivity index (χ0n) is 13.4. The predicted molar refractivity (Wildman–Crippen MR) is 84.6 cm³/mol. The van der Waals surface area contributed by atoms with Crippen molar-refractivity contribution in [3.8, 4) is 39.9 Å². The maximum absolute atomic E-state index is 5.49. The Morgan fingerprint density at radius 1 is 0.591 bits per heavy atom. The number of para-hydroxylation sites is 1. The molecule has 118 valence electrons. The molecule has 0 saturated carbocycles. The molecule has 2 rings (SSSR count). The minimum atomic E-state index is 0.551. The van der Waals surface area contributed by atoms with Crippen LogP contribution in [-0.2, 0) is 0 Å². The minimum absolute atomic E-state index is 0.551. The van der Waals surface area contributed by atoms with Crippen LogP contribution < -0.4 is 23.7 Å². The van der Waals surface area contributed by atoms with Gasteiger partial charge in [-0.1, -0.05) is 12.1 Å². The lowest BCUT2D eigenvalue weighted by Gasteiger charge is -2.16. The third-order valence-corrected chi connectivity index (χ3v) is 3.38. The predicted octanol–water partition coefficient (Wildman–Crippen LogP) is 3.40. The zero-order chi connectivity index (χ0) is 16.1. The van der Waals surface area contributed by atoms with Gasteiger partial charge in [-0.05, 0) is 23.8 Å². The molecule has 5 heteroatoms. The highest BCUT2D eigenvalue weighted by Crippen LogP contribution is 2.45. The Bertz CT molecular complexity index is 626. The summed E-state index contributed by atoms with van der Waals surface area (Å²) >= 11 is 0. The fourth-order valence-corrected chi connectivity index (χ4v) is 2.35. The van der Waals surface area contributed by atoms with Crippen LogP contribution >= 0.6 is 0 Å². The lowest BCUT2D eigenvalue weighted by Crippen LogP contribution is -1.97. The second-order valence-electron chi connectivity index (χ2n) is 4.46. The summed E-state index contributed by atoms with van der Waals surface area (Å²) in [7, 11) is 7.97. The molecular formula is C17H20O5. The molecule has 0 N–H and O–H groups in total. The second kappa shape index (κ2) is 6.93. The van der Waals surface area contributed by atoms with E-state index in [1.807, 2.05) is 30.3 Å². The first kappa shape index (κ1) is 15.8. The maximum Gasteiger partial charge on any atom is 0.203 e. The van der Waals surface area contributed by atoms with Gasteiger partial charge in [-0.3, -0.25) is 0 Å². The van der Waals surface area contributed by atoms with Crippen LogP contribution in [0.5, 0.6) is 28.7 Å². The average molecular weight is 304 g/mol. The van der Waals surface area contributed by atoms with Crippen molar-refractivity contribution in [3.05, 3.63) is 30.3 Å². The van der Waals surface area contributed by atoms with Crippen LogP contribution in [0.15, 0.2) is 30.3 Å². The van der Waals surface area contributed by atoms with E-state index in [1.54, 1.807) is 35.5 Å². The summed E-state index contributed by atoms with van der Waals surface area (Å²) < 4.78 is 27.0. The molecule has 0 unspecified atom stereocenters. The fourth-order valence-electron chi connectivity index (χ4n) is 2.35. The molecule has 0 fully saturated rings. The molecule has 0 aliphatic carbocycles. The summed E-state index contributed by atoms with van der Waals surface area (Å²) in [4.78, 5) is 0. The molecule has 0 spiro atoms. The van der Waals surface area contributed by atoms with E-state index in [0.717, 1.165) is 11.1 Å². The van der Waals surface area contributed by atoms with Gasteiger partial charge in [0, 0.05) is 5.56 Å². The van der Waals surface area contributed by atoms with E-state index in [0.29, 0.717) is 28.7 Å². The van der Waals surface area contributed by atoms with Gasteiger partial charge in [0.25, 0.3) is 0 Å². The topological polar surface area (TPSA) is 46.2 Å². The number of ether oxygens (including phenoxy) is 5. The first-order valence-corrected chi connectivity index (χ1v) is 6.71. The Hall–Kier alpha value is -2.56. The van der Waals surface area contributed by atoms with Gasteiger partial charge in [-0.25, -0.2) is 0 Å². The van der Waals surface area contributed by atoms with Crippen LogP contribution in [-0.4, -0.2) is 35.5 Å². The molecule has 0 saturated heterocycles. The van der Waals surface area contributed by atoms with E-state index in [2.05, 4.69) is 0 Å². The van der Waals surface area contributed by atoms with Gasteiger partial charge in [0.05, 0.1) is 35.5 Å².